The van der Waals surface area contributed by atoms with Crippen LogP contribution in [0.5, 0.6) is 0 Å². The highest BCUT2D eigenvalue weighted by Crippen LogP contribution is 2.35. The fourth-order valence-corrected chi connectivity index (χ4v) is 3.27. The number of aryl methyl sites for hydroxylation is 1. The van der Waals surface area contributed by atoms with Gasteiger partial charge in [-0.3, -0.25) is 4.79 Å². The van der Waals surface area contributed by atoms with Gasteiger partial charge in [-0.2, -0.15) is 0 Å². The molecular formula is C18H26N2O. The molecule has 3 N–H and O–H groups in total. The normalized spacial score (nSPS) is 20.4. The summed E-state index contributed by atoms with van der Waals surface area (Å²) in [5, 5.41) is 3.15. The Kier molecular flexibility index (Phi) is 4.29. The predicted molar refractivity (Wildman–Crippen MR) is 85.0 cm³/mol. The van der Waals surface area contributed by atoms with Gasteiger partial charge in [-0.1, -0.05) is 37.1 Å². The second-order valence-electron chi connectivity index (χ2n) is 6.91. The summed E-state index contributed by atoms with van der Waals surface area (Å²) in [5.41, 5.74) is 8.79. The molecule has 0 unspecified atom stereocenters. The molecule has 0 radical (unpaired) electrons. The van der Waals surface area contributed by atoms with Crippen molar-refractivity contribution in [2.75, 3.05) is 0 Å². The lowest BCUT2D eigenvalue weighted by Crippen LogP contribution is -2.32. The van der Waals surface area contributed by atoms with Gasteiger partial charge in [-0.05, 0) is 49.7 Å². The molecule has 0 spiro atoms. The van der Waals surface area contributed by atoms with Gasteiger partial charge < -0.3 is 11.1 Å². The zero-order chi connectivity index (χ0) is 14.7. The minimum atomic E-state index is 0.0540. The van der Waals surface area contributed by atoms with E-state index in [0.29, 0.717) is 12.5 Å². The van der Waals surface area contributed by atoms with Crippen LogP contribution in [0.2, 0.25) is 0 Å². The van der Waals surface area contributed by atoms with Crippen LogP contribution < -0.4 is 11.1 Å². The summed E-state index contributed by atoms with van der Waals surface area (Å²) >= 11 is 0. The Balaban J connectivity index is 1.47. The molecule has 114 valence electrons. The summed E-state index contributed by atoms with van der Waals surface area (Å²) < 4.78 is 0. The Morgan fingerprint density at radius 3 is 2.67 bits per heavy atom. The largest absolute Gasteiger partial charge is 0.353 e. The summed E-state index contributed by atoms with van der Waals surface area (Å²) in [5.74, 6) is 0.199. The number of amides is 1. The smallest absolute Gasteiger partial charge is 0.220 e. The lowest BCUT2D eigenvalue weighted by molar-refractivity contribution is -0.121. The van der Waals surface area contributed by atoms with E-state index in [-0.39, 0.29) is 11.4 Å². The van der Waals surface area contributed by atoms with E-state index in [1.165, 1.54) is 24.0 Å². The van der Waals surface area contributed by atoms with Crippen LogP contribution in [0.3, 0.4) is 0 Å². The van der Waals surface area contributed by atoms with Gasteiger partial charge in [-0.25, -0.2) is 0 Å². The molecule has 0 atom stereocenters. The number of hydrogen-bond donors (Lipinski definition) is 2. The summed E-state index contributed by atoms with van der Waals surface area (Å²) in [6, 6.07) is 8.99. The van der Waals surface area contributed by atoms with Gasteiger partial charge >= 0.3 is 0 Å². The first-order valence-electron chi connectivity index (χ1n) is 8.29. The molecule has 2 aliphatic rings. The van der Waals surface area contributed by atoms with Gasteiger partial charge in [0, 0.05) is 18.0 Å². The molecule has 3 rings (SSSR count). The van der Waals surface area contributed by atoms with Crippen molar-refractivity contribution in [3.8, 4) is 0 Å². The molecule has 1 amide bonds. The van der Waals surface area contributed by atoms with E-state index < -0.39 is 0 Å². The number of carbonyl (C=O) groups excluding carboxylic acids is 1. The van der Waals surface area contributed by atoms with Crippen molar-refractivity contribution in [2.24, 2.45) is 5.73 Å². The molecule has 0 aromatic heterocycles. The van der Waals surface area contributed by atoms with E-state index >= 15 is 0 Å². The number of nitrogens with two attached hydrogens (primary N) is 1. The quantitative estimate of drug-likeness (QED) is 0.845. The van der Waals surface area contributed by atoms with Gasteiger partial charge in [-0.15, -0.1) is 0 Å². The van der Waals surface area contributed by atoms with Crippen molar-refractivity contribution in [3.05, 3.63) is 35.4 Å². The minimum absolute atomic E-state index is 0.0540. The maximum Gasteiger partial charge on any atom is 0.220 e. The molecule has 21 heavy (non-hydrogen) atoms. The third-order valence-corrected chi connectivity index (χ3v) is 4.80. The zero-order valence-corrected chi connectivity index (χ0v) is 12.7. The monoisotopic (exact) mass is 286 g/mol. The van der Waals surface area contributed by atoms with Gasteiger partial charge in [0.2, 0.25) is 5.91 Å². The molecule has 0 aliphatic heterocycles. The van der Waals surface area contributed by atoms with E-state index in [9.17, 15) is 4.79 Å². The SMILES string of the molecule is NC1(Cc2cccc(CCC(=O)NC3CCCC3)c2)CC1. The second kappa shape index (κ2) is 6.18. The maximum atomic E-state index is 12.0. The van der Waals surface area contributed by atoms with Crippen molar-refractivity contribution in [1.82, 2.24) is 5.32 Å². The van der Waals surface area contributed by atoms with Crippen LogP contribution in [-0.2, 0) is 17.6 Å². The van der Waals surface area contributed by atoms with E-state index in [4.69, 9.17) is 5.73 Å². The molecule has 0 heterocycles. The first kappa shape index (κ1) is 14.6. The van der Waals surface area contributed by atoms with Crippen molar-refractivity contribution in [3.63, 3.8) is 0 Å². The highest BCUT2D eigenvalue weighted by molar-refractivity contribution is 5.76. The molecule has 1 aromatic carbocycles. The van der Waals surface area contributed by atoms with Crippen molar-refractivity contribution < 1.29 is 4.79 Å². The maximum absolute atomic E-state index is 12.0. The molecule has 1 aromatic rings. The van der Waals surface area contributed by atoms with Gasteiger partial charge in [0.1, 0.15) is 0 Å². The average molecular weight is 286 g/mol. The standard InChI is InChI=1S/C18H26N2O/c19-18(10-11-18)13-15-5-3-4-14(12-15)8-9-17(21)20-16-6-1-2-7-16/h3-5,12,16H,1-2,6-11,13,19H2,(H,20,21). The van der Waals surface area contributed by atoms with Crippen LogP contribution in [-0.4, -0.2) is 17.5 Å². The van der Waals surface area contributed by atoms with Crippen molar-refractivity contribution in [1.29, 1.82) is 0 Å². The van der Waals surface area contributed by atoms with Crippen molar-refractivity contribution >= 4 is 5.91 Å². The predicted octanol–water partition coefficient (Wildman–Crippen LogP) is 2.71. The highest BCUT2D eigenvalue weighted by Gasteiger charge is 2.37. The topological polar surface area (TPSA) is 55.1 Å². The molecule has 2 saturated carbocycles. The lowest BCUT2D eigenvalue weighted by Gasteiger charge is -2.12. The van der Waals surface area contributed by atoms with Crippen LogP contribution in [0, 0.1) is 0 Å². The van der Waals surface area contributed by atoms with Crippen LogP contribution in [0.1, 0.15) is 56.1 Å². The van der Waals surface area contributed by atoms with E-state index in [1.54, 1.807) is 0 Å². The molecule has 0 bridgehead atoms. The summed E-state index contributed by atoms with van der Waals surface area (Å²) in [7, 11) is 0. The van der Waals surface area contributed by atoms with Gasteiger partial charge in [0.05, 0.1) is 0 Å². The van der Waals surface area contributed by atoms with Crippen LogP contribution in [0.25, 0.3) is 0 Å². The number of rotatable bonds is 6. The van der Waals surface area contributed by atoms with E-state index in [2.05, 4.69) is 29.6 Å². The lowest BCUT2D eigenvalue weighted by atomic mass is 10.0. The second-order valence-corrected chi connectivity index (χ2v) is 6.91. The Labute approximate surface area is 127 Å². The van der Waals surface area contributed by atoms with Gasteiger partial charge in [0.15, 0.2) is 0 Å². The number of nitrogens with one attached hydrogen (secondary N) is 1. The third-order valence-electron chi connectivity index (χ3n) is 4.80. The summed E-state index contributed by atoms with van der Waals surface area (Å²) in [6.07, 6.45) is 9.48. The zero-order valence-electron chi connectivity index (χ0n) is 12.7. The van der Waals surface area contributed by atoms with Gasteiger partial charge in [0.25, 0.3) is 0 Å². The molecule has 3 nitrogen and oxygen atoms in total. The Hall–Kier alpha value is -1.35. The number of carbonyl (C=O) groups is 1. The molecule has 2 aliphatic carbocycles. The van der Waals surface area contributed by atoms with Crippen molar-refractivity contribution in [2.45, 2.75) is 69.4 Å². The molecule has 2 fully saturated rings. The summed E-state index contributed by atoms with van der Waals surface area (Å²) in [6.45, 7) is 0. The fourth-order valence-electron chi connectivity index (χ4n) is 3.27. The Morgan fingerprint density at radius 2 is 1.95 bits per heavy atom. The Bertz CT molecular complexity index is 502. The first-order valence-corrected chi connectivity index (χ1v) is 8.29. The summed E-state index contributed by atoms with van der Waals surface area (Å²) in [4.78, 5) is 12.0. The minimum Gasteiger partial charge on any atom is -0.353 e. The first-order chi connectivity index (χ1) is 10.1. The number of benzene rings is 1. The van der Waals surface area contributed by atoms with E-state index in [1.807, 2.05) is 0 Å². The van der Waals surface area contributed by atoms with Crippen LogP contribution in [0.4, 0.5) is 0 Å². The molecule has 0 saturated heterocycles. The fraction of sp³-hybridized carbons (Fsp3) is 0.611. The molecule has 3 heteroatoms. The van der Waals surface area contributed by atoms with Crippen LogP contribution in [0.15, 0.2) is 24.3 Å². The Morgan fingerprint density at radius 1 is 1.24 bits per heavy atom. The van der Waals surface area contributed by atoms with E-state index in [0.717, 1.165) is 38.5 Å². The number of hydrogen-bond acceptors (Lipinski definition) is 2. The average Bonchev–Trinajstić information content (AvgIpc) is 2.98. The third kappa shape index (κ3) is 4.31. The van der Waals surface area contributed by atoms with Crippen LogP contribution >= 0.6 is 0 Å². The highest BCUT2D eigenvalue weighted by atomic mass is 16.1. The molecular weight excluding hydrogens is 260 g/mol.